The highest BCUT2D eigenvalue weighted by Crippen LogP contribution is 2.19. The van der Waals surface area contributed by atoms with Gasteiger partial charge in [-0.05, 0) is 36.6 Å². The molecule has 0 saturated heterocycles. The number of anilines is 1. The molecular weight excluding hydrogens is 278 g/mol. The lowest BCUT2D eigenvalue weighted by molar-refractivity contribution is -0.115. The number of rotatable bonds is 6. The Kier molecular flexibility index (Phi) is 5.88. The third kappa shape index (κ3) is 4.94. The number of hydrogen-bond acceptors (Lipinski definition) is 2. The van der Waals surface area contributed by atoms with Crippen molar-refractivity contribution in [1.29, 1.82) is 0 Å². The van der Waals surface area contributed by atoms with Gasteiger partial charge in [0.15, 0.2) is 0 Å². The fourth-order valence-corrected chi connectivity index (χ4v) is 2.78. The molecule has 1 amide bonds. The molecule has 2 aromatic rings. The van der Waals surface area contributed by atoms with Gasteiger partial charge in [-0.3, -0.25) is 4.79 Å². The van der Waals surface area contributed by atoms with Crippen molar-refractivity contribution in [2.75, 3.05) is 5.32 Å². The van der Waals surface area contributed by atoms with Crippen LogP contribution in [-0.4, -0.2) is 11.2 Å². The summed E-state index contributed by atoms with van der Waals surface area (Å²) in [6.07, 6.45) is 1.01. The monoisotopic (exact) mass is 299 g/mol. The number of aryl methyl sites for hydroxylation is 1. The zero-order valence-corrected chi connectivity index (χ0v) is 13.3. The topological polar surface area (TPSA) is 29.1 Å². The second-order valence-electron chi connectivity index (χ2n) is 4.98. The molecule has 0 aliphatic carbocycles. The van der Waals surface area contributed by atoms with E-state index in [1.165, 1.54) is 11.1 Å². The van der Waals surface area contributed by atoms with E-state index in [-0.39, 0.29) is 11.2 Å². The number of benzene rings is 2. The molecule has 0 heterocycles. The molecule has 2 aromatic carbocycles. The van der Waals surface area contributed by atoms with Crippen LogP contribution in [0.5, 0.6) is 0 Å². The van der Waals surface area contributed by atoms with Gasteiger partial charge in [-0.2, -0.15) is 0 Å². The highest BCUT2D eigenvalue weighted by molar-refractivity contribution is 7.99. The van der Waals surface area contributed by atoms with Crippen molar-refractivity contribution in [2.45, 2.75) is 31.3 Å². The highest BCUT2D eigenvalue weighted by Gasteiger charge is 2.13. The smallest absolute Gasteiger partial charge is 0.237 e. The van der Waals surface area contributed by atoms with E-state index in [1.807, 2.05) is 37.3 Å². The maximum Gasteiger partial charge on any atom is 0.237 e. The minimum Gasteiger partial charge on any atom is -0.325 e. The van der Waals surface area contributed by atoms with Crippen molar-refractivity contribution < 1.29 is 4.79 Å². The molecule has 0 aliphatic rings. The first-order valence-electron chi connectivity index (χ1n) is 7.24. The summed E-state index contributed by atoms with van der Waals surface area (Å²) in [6, 6.07) is 18.3. The average molecular weight is 299 g/mol. The normalized spacial score (nSPS) is 11.9. The molecule has 0 fully saturated rings. The predicted octanol–water partition coefficient (Wildman–Crippen LogP) is 4.51. The average Bonchev–Trinajstić information content (AvgIpc) is 2.54. The van der Waals surface area contributed by atoms with Crippen LogP contribution in [0.4, 0.5) is 5.69 Å². The molecule has 0 saturated carbocycles. The Balaban J connectivity index is 1.84. The lowest BCUT2D eigenvalue weighted by atomic mass is 10.1. The van der Waals surface area contributed by atoms with Crippen molar-refractivity contribution in [3.63, 3.8) is 0 Å². The summed E-state index contributed by atoms with van der Waals surface area (Å²) in [7, 11) is 0. The molecule has 3 heteroatoms. The van der Waals surface area contributed by atoms with Crippen LogP contribution in [-0.2, 0) is 17.0 Å². The lowest BCUT2D eigenvalue weighted by Gasteiger charge is -2.12. The van der Waals surface area contributed by atoms with Gasteiger partial charge in [0.2, 0.25) is 5.91 Å². The molecule has 1 atom stereocenters. The summed E-state index contributed by atoms with van der Waals surface area (Å²) in [6.45, 7) is 4.07. The first kappa shape index (κ1) is 15.6. The van der Waals surface area contributed by atoms with Crippen LogP contribution >= 0.6 is 11.8 Å². The zero-order chi connectivity index (χ0) is 15.1. The van der Waals surface area contributed by atoms with E-state index in [0.29, 0.717) is 0 Å². The predicted molar refractivity (Wildman–Crippen MR) is 91.6 cm³/mol. The molecule has 2 nitrogen and oxygen atoms in total. The lowest BCUT2D eigenvalue weighted by Crippen LogP contribution is -2.22. The number of thioether (sulfide) groups is 1. The van der Waals surface area contributed by atoms with Crippen molar-refractivity contribution in [1.82, 2.24) is 0 Å². The molecule has 110 valence electrons. The molecule has 21 heavy (non-hydrogen) atoms. The SMILES string of the molecule is CCc1ccc(NC(=O)C(C)SCc2ccccc2)cc1. The summed E-state index contributed by atoms with van der Waals surface area (Å²) in [4.78, 5) is 12.2. The van der Waals surface area contributed by atoms with Crippen LogP contribution < -0.4 is 5.32 Å². The van der Waals surface area contributed by atoms with E-state index in [2.05, 4.69) is 36.5 Å². The molecule has 0 bridgehead atoms. The van der Waals surface area contributed by atoms with Crippen molar-refractivity contribution >= 4 is 23.4 Å². The van der Waals surface area contributed by atoms with Gasteiger partial charge in [0.1, 0.15) is 0 Å². The second kappa shape index (κ2) is 7.89. The second-order valence-corrected chi connectivity index (χ2v) is 6.31. The minimum atomic E-state index is -0.0731. The summed E-state index contributed by atoms with van der Waals surface area (Å²) >= 11 is 1.65. The number of carbonyl (C=O) groups is 1. The van der Waals surface area contributed by atoms with Crippen molar-refractivity contribution in [2.24, 2.45) is 0 Å². The number of nitrogens with one attached hydrogen (secondary N) is 1. The molecule has 0 aromatic heterocycles. The largest absolute Gasteiger partial charge is 0.325 e. The minimum absolute atomic E-state index is 0.0557. The van der Waals surface area contributed by atoms with E-state index >= 15 is 0 Å². The molecule has 0 spiro atoms. The van der Waals surface area contributed by atoms with Crippen LogP contribution in [0, 0.1) is 0 Å². The van der Waals surface area contributed by atoms with E-state index in [4.69, 9.17) is 0 Å². The fourth-order valence-electron chi connectivity index (χ4n) is 1.94. The number of hydrogen-bond donors (Lipinski definition) is 1. The summed E-state index contributed by atoms with van der Waals surface area (Å²) in [5.74, 6) is 0.907. The molecular formula is C18H21NOS. The molecule has 1 N–H and O–H groups in total. The zero-order valence-electron chi connectivity index (χ0n) is 12.5. The first-order chi connectivity index (χ1) is 10.2. The van der Waals surface area contributed by atoms with Gasteiger partial charge in [-0.25, -0.2) is 0 Å². The summed E-state index contributed by atoms with van der Waals surface area (Å²) in [5.41, 5.74) is 3.39. The van der Waals surface area contributed by atoms with Gasteiger partial charge >= 0.3 is 0 Å². The number of carbonyl (C=O) groups excluding carboxylic acids is 1. The van der Waals surface area contributed by atoms with Gasteiger partial charge in [0.05, 0.1) is 5.25 Å². The van der Waals surface area contributed by atoms with Gasteiger partial charge in [-0.1, -0.05) is 49.4 Å². The maximum atomic E-state index is 12.2. The number of amides is 1. The van der Waals surface area contributed by atoms with Gasteiger partial charge in [0, 0.05) is 11.4 Å². The van der Waals surface area contributed by atoms with Crippen molar-refractivity contribution in [3.05, 3.63) is 65.7 Å². The van der Waals surface area contributed by atoms with E-state index < -0.39 is 0 Å². The molecule has 0 radical (unpaired) electrons. The Labute approximate surface area is 131 Å². The quantitative estimate of drug-likeness (QED) is 0.850. The standard InChI is InChI=1S/C18H21NOS/c1-3-15-9-11-17(12-10-15)19-18(20)14(2)21-13-16-7-5-4-6-8-16/h4-12,14H,3,13H2,1-2H3,(H,19,20). The van der Waals surface area contributed by atoms with Crippen LogP contribution in [0.25, 0.3) is 0 Å². The third-order valence-corrected chi connectivity index (χ3v) is 4.56. The van der Waals surface area contributed by atoms with Crippen LogP contribution in [0.15, 0.2) is 54.6 Å². The Bertz CT molecular complexity index is 566. The summed E-state index contributed by atoms with van der Waals surface area (Å²) < 4.78 is 0. The first-order valence-corrected chi connectivity index (χ1v) is 8.29. The Morgan fingerprint density at radius 3 is 2.33 bits per heavy atom. The Morgan fingerprint density at radius 2 is 1.71 bits per heavy atom. The third-order valence-electron chi connectivity index (χ3n) is 3.34. The van der Waals surface area contributed by atoms with Crippen molar-refractivity contribution in [3.8, 4) is 0 Å². The maximum absolute atomic E-state index is 12.2. The van der Waals surface area contributed by atoms with E-state index in [1.54, 1.807) is 11.8 Å². The van der Waals surface area contributed by atoms with Crippen LogP contribution in [0.3, 0.4) is 0 Å². The Hall–Kier alpha value is -1.74. The molecule has 1 unspecified atom stereocenters. The van der Waals surface area contributed by atoms with E-state index in [0.717, 1.165) is 17.9 Å². The highest BCUT2D eigenvalue weighted by atomic mass is 32.2. The molecule has 0 aliphatic heterocycles. The van der Waals surface area contributed by atoms with Crippen LogP contribution in [0.2, 0.25) is 0 Å². The van der Waals surface area contributed by atoms with Gasteiger partial charge in [-0.15, -0.1) is 11.8 Å². The van der Waals surface area contributed by atoms with Gasteiger partial charge in [0.25, 0.3) is 0 Å². The van der Waals surface area contributed by atoms with E-state index in [9.17, 15) is 4.79 Å². The fraction of sp³-hybridized carbons (Fsp3) is 0.278. The summed E-state index contributed by atoms with van der Waals surface area (Å²) in [5, 5.41) is 2.90. The molecule has 2 rings (SSSR count). The Morgan fingerprint density at radius 1 is 1.05 bits per heavy atom. The van der Waals surface area contributed by atoms with Gasteiger partial charge < -0.3 is 5.32 Å². The van der Waals surface area contributed by atoms with Crippen LogP contribution in [0.1, 0.15) is 25.0 Å².